The van der Waals surface area contributed by atoms with Crippen molar-refractivity contribution in [3.8, 4) is 0 Å². The molecule has 1 spiro atoms. The van der Waals surface area contributed by atoms with E-state index in [1.54, 1.807) is 11.1 Å². The lowest BCUT2D eigenvalue weighted by Gasteiger charge is -2.57. The van der Waals surface area contributed by atoms with E-state index >= 15 is 0 Å². The third-order valence-corrected chi connectivity index (χ3v) is 9.22. The molecule has 0 aromatic rings. The fourth-order valence-corrected chi connectivity index (χ4v) is 8.31. The van der Waals surface area contributed by atoms with Gasteiger partial charge in [-0.3, -0.25) is 0 Å². The molecule has 2 N–H and O–H groups in total. The third kappa shape index (κ3) is 1.68. The molecule has 3 saturated carbocycles. The predicted molar refractivity (Wildman–Crippen MR) is 90.7 cm³/mol. The molecule has 0 aliphatic heterocycles. The molecule has 23 heavy (non-hydrogen) atoms. The van der Waals surface area contributed by atoms with Crippen LogP contribution in [0.1, 0.15) is 65.2 Å². The minimum absolute atomic E-state index is 0.0801. The van der Waals surface area contributed by atoms with Crippen LogP contribution < -0.4 is 0 Å². The van der Waals surface area contributed by atoms with E-state index in [0.29, 0.717) is 23.4 Å². The highest BCUT2D eigenvalue weighted by Gasteiger charge is 2.77. The SMILES string of the molecule is C[C@@H]1CC2=C(CC[C@@H](O)C2)[C@H]2CC[C@]3(C)[C@H](CO)C[C@H]4C[C@]43[C@H]12. The fraction of sp³-hybridized carbons (Fsp3) is 0.905. The molecule has 0 aromatic carbocycles. The van der Waals surface area contributed by atoms with Crippen molar-refractivity contribution in [1.82, 2.24) is 0 Å². The van der Waals surface area contributed by atoms with Crippen LogP contribution in [0, 0.1) is 40.4 Å². The van der Waals surface area contributed by atoms with E-state index in [-0.39, 0.29) is 6.10 Å². The minimum atomic E-state index is -0.0801. The lowest BCUT2D eigenvalue weighted by Crippen LogP contribution is -2.50. The summed E-state index contributed by atoms with van der Waals surface area (Å²) >= 11 is 0. The van der Waals surface area contributed by atoms with E-state index in [9.17, 15) is 10.2 Å². The van der Waals surface area contributed by atoms with Crippen LogP contribution in [0.5, 0.6) is 0 Å². The molecule has 0 amide bonds. The van der Waals surface area contributed by atoms with Gasteiger partial charge in [0.25, 0.3) is 0 Å². The van der Waals surface area contributed by atoms with Gasteiger partial charge in [-0.15, -0.1) is 0 Å². The first-order valence-corrected chi connectivity index (χ1v) is 10.0. The zero-order valence-electron chi connectivity index (χ0n) is 14.7. The van der Waals surface area contributed by atoms with E-state index in [1.165, 1.54) is 32.1 Å². The van der Waals surface area contributed by atoms with Gasteiger partial charge >= 0.3 is 0 Å². The van der Waals surface area contributed by atoms with Crippen molar-refractivity contribution in [1.29, 1.82) is 0 Å². The van der Waals surface area contributed by atoms with Crippen LogP contribution in [-0.2, 0) is 0 Å². The van der Waals surface area contributed by atoms with E-state index in [0.717, 1.165) is 42.9 Å². The van der Waals surface area contributed by atoms with Crippen LogP contribution in [0.2, 0.25) is 0 Å². The summed E-state index contributed by atoms with van der Waals surface area (Å²) in [6.07, 6.45) is 9.65. The van der Waals surface area contributed by atoms with Crippen molar-refractivity contribution in [2.45, 2.75) is 71.3 Å². The number of hydrogen-bond donors (Lipinski definition) is 2. The zero-order chi connectivity index (χ0) is 16.0. The van der Waals surface area contributed by atoms with Crippen molar-refractivity contribution < 1.29 is 10.2 Å². The third-order valence-electron chi connectivity index (χ3n) is 9.22. The molecule has 5 aliphatic carbocycles. The summed E-state index contributed by atoms with van der Waals surface area (Å²) in [4.78, 5) is 0. The topological polar surface area (TPSA) is 40.5 Å². The maximum atomic E-state index is 10.1. The Morgan fingerprint density at radius 1 is 1.22 bits per heavy atom. The van der Waals surface area contributed by atoms with Gasteiger partial charge in [0.2, 0.25) is 0 Å². The summed E-state index contributed by atoms with van der Waals surface area (Å²) in [6.45, 7) is 5.42. The Hall–Kier alpha value is -0.340. The number of aliphatic hydroxyl groups excluding tert-OH is 2. The van der Waals surface area contributed by atoms with Gasteiger partial charge in [0.05, 0.1) is 6.10 Å². The summed E-state index contributed by atoms with van der Waals surface area (Å²) in [5, 5.41) is 20.0. The van der Waals surface area contributed by atoms with E-state index < -0.39 is 0 Å². The highest BCUT2D eigenvalue weighted by molar-refractivity contribution is 5.33. The number of fused-ring (bicyclic) bond motifs is 2. The maximum absolute atomic E-state index is 10.1. The number of aliphatic hydroxyl groups is 2. The second kappa shape index (κ2) is 4.64. The molecular weight excluding hydrogens is 284 g/mol. The van der Waals surface area contributed by atoms with Gasteiger partial charge in [0, 0.05) is 6.61 Å². The molecule has 0 bridgehead atoms. The van der Waals surface area contributed by atoms with Gasteiger partial charge in [-0.25, -0.2) is 0 Å². The average Bonchev–Trinajstić information content (AvgIpc) is 3.17. The van der Waals surface area contributed by atoms with Gasteiger partial charge in [-0.2, -0.15) is 0 Å². The first-order chi connectivity index (χ1) is 11.0. The first-order valence-electron chi connectivity index (χ1n) is 10.0. The molecule has 0 heterocycles. The second-order valence-electron chi connectivity index (χ2n) is 9.85. The summed E-state index contributed by atoms with van der Waals surface area (Å²) in [5.74, 6) is 3.88. The second-order valence-corrected chi connectivity index (χ2v) is 9.85. The van der Waals surface area contributed by atoms with Gasteiger partial charge < -0.3 is 10.2 Å². The standard InChI is InChI=1S/C21H32O2/c1-12-7-13-8-16(23)3-4-17(13)18-5-6-20(2)15(11-22)9-14-10-21(14,20)19(12)18/h12,14-16,18-19,22-23H,3-11H2,1-2H3/t12-,14+,15+,16-,18-,19-,20-,21-/m1/s1. The van der Waals surface area contributed by atoms with Crippen LogP contribution in [0.15, 0.2) is 11.1 Å². The normalized spacial score (nSPS) is 57.4. The number of allylic oxidation sites excluding steroid dienone is 1. The van der Waals surface area contributed by atoms with Gasteiger partial charge in [-0.1, -0.05) is 25.0 Å². The molecule has 0 aromatic heterocycles. The van der Waals surface area contributed by atoms with E-state index in [1.807, 2.05) is 0 Å². The molecule has 128 valence electrons. The predicted octanol–water partition coefficient (Wildman–Crippen LogP) is 3.92. The van der Waals surface area contributed by atoms with Crippen LogP contribution in [0.25, 0.3) is 0 Å². The molecule has 8 atom stereocenters. The lowest BCUT2D eigenvalue weighted by atomic mass is 9.48. The fourth-order valence-electron chi connectivity index (χ4n) is 8.31. The lowest BCUT2D eigenvalue weighted by molar-refractivity contribution is -0.0581. The minimum Gasteiger partial charge on any atom is -0.396 e. The quantitative estimate of drug-likeness (QED) is 0.720. The molecule has 5 rings (SSSR count). The Kier molecular flexibility index (Phi) is 3.01. The van der Waals surface area contributed by atoms with Crippen molar-refractivity contribution in [3.05, 3.63) is 11.1 Å². The van der Waals surface area contributed by atoms with Crippen LogP contribution in [0.4, 0.5) is 0 Å². The first kappa shape index (κ1) is 15.0. The number of rotatable bonds is 1. The van der Waals surface area contributed by atoms with Gasteiger partial charge in [0.15, 0.2) is 0 Å². The Labute approximate surface area is 140 Å². The average molecular weight is 316 g/mol. The Bertz CT molecular complexity index is 566. The molecule has 5 aliphatic rings. The van der Waals surface area contributed by atoms with Crippen molar-refractivity contribution in [2.24, 2.45) is 40.4 Å². The molecule has 0 unspecified atom stereocenters. The molecule has 2 nitrogen and oxygen atoms in total. The molecule has 3 fully saturated rings. The largest absolute Gasteiger partial charge is 0.396 e. The highest BCUT2D eigenvalue weighted by atomic mass is 16.3. The summed E-state index contributed by atoms with van der Waals surface area (Å²) in [7, 11) is 0. The molecule has 2 heteroatoms. The molecule has 0 saturated heterocycles. The maximum Gasteiger partial charge on any atom is 0.0580 e. The smallest absolute Gasteiger partial charge is 0.0580 e. The summed E-state index contributed by atoms with van der Waals surface area (Å²) in [6, 6.07) is 0. The van der Waals surface area contributed by atoms with Crippen molar-refractivity contribution >= 4 is 0 Å². The summed E-state index contributed by atoms with van der Waals surface area (Å²) in [5.41, 5.74) is 4.35. The van der Waals surface area contributed by atoms with Gasteiger partial charge in [0.1, 0.15) is 0 Å². The van der Waals surface area contributed by atoms with Crippen LogP contribution >= 0.6 is 0 Å². The zero-order valence-corrected chi connectivity index (χ0v) is 14.7. The monoisotopic (exact) mass is 316 g/mol. The summed E-state index contributed by atoms with van der Waals surface area (Å²) < 4.78 is 0. The molecular formula is C21H32O2. The highest BCUT2D eigenvalue weighted by Crippen LogP contribution is 2.83. The Morgan fingerprint density at radius 2 is 2.04 bits per heavy atom. The van der Waals surface area contributed by atoms with E-state index in [2.05, 4.69) is 13.8 Å². The van der Waals surface area contributed by atoms with E-state index in [4.69, 9.17) is 0 Å². The van der Waals surface area contributed by atoms with Gasteiger partial charge in [-0.05, 0) is 91.8 Å². The Morgan fingerprint density at radius 3 is 2.83 bits per heavy atom. The van der Waals surface area contributed by atoms with Crippen molar-refractivity contribution in [2.75, 3.05) is 6.61 Å². The number of hydrogen-bond acceptors (Lipinski definition) is 2. The van der Waals surface area contributed by atoms with Crippen molar-refractivity contribution in [3.63, 3.8) is 0 Å². The Balaban J connectivity index is 1.55. The van der Waals surface area contributed by atoms with Crippen LogP contribution in [-0.4, -0.2) is 22.9 Å². The molecule has 0 radical (unpaired) electrons. The van der Waals surface area contributed by atoms with Crippen LogP contribution in [0.3, 0.4) is 0 Å².